The van der Waals surface area contributed by atoms with Crippen LogP contribution >= 0.6 is 0 Å². The number of carbonyl (C=O) groups is 1. The van der Waals surface area contributed by atoms with Gasteiger partial charge in [-0.05, 0) is 24.2 Å². The van der Waals surface area contributed by atoms with Crippen LogP contribution in [0.3, 0.4) is 0 Å². The fourth-order valence-corrected chi connectivity index (χ4v) is 2.23. The van der Waals surface area contributed by atoms with Crippen molar-refractivity contribution in [1.29, 1.82) is 0 Å². The molecule has 0 saturated carbocycles. The van der Waals surface area contributed by atoms with E-state index in [-0.39, 0.29) is 24.5 Å². The molecule has 2 unspecified atom stereocenters. The fourth-order valence-electron chi connectivity index (χ4n) is 2.23. The molecular formula is C15H21NO4. The van der Waals surface area contributed by atoms with Crippen molar-refractivity contribution < 1.29 is 19.0 Å². The van der Waals surface area contributed by atoms with Crippen LogP contribution in [0.1, 0.15) is 12.5 Å². The van der Waals surface area contributed by atoms with Gasteiger partial charge in [-0.3, -0.25) is 4.79 Å². The second-order valence-electron chi connectivity index (χ2n) is 4.76. The van der Waals surface area contributed by atoms with Gasteiger partial charge in [-0.15, -0.1) is 0 Å². The van der Waals surface area contributed by atoms with Crippen LogP contribution in [0.15, 0.2) is 24.3 Å². The number of methoxy groups -OCH3 is 1. The fraction of sp³-hybridized carbons (Fsp3) is 0.533. The van der Waals surface area contributed by atoms with Crippen molar-refractivity contribution in [1.82, 2.24) is 5.32 Å². The zero-order valence-corrected chi connectivity index (χ0v) is 11.9. The monoisotopic (exact) mass is 279 g/mol. The van der Waals surface area contributed by atoms with E-state index in [1.165, 1.54) is 0 Å². The minimum absolute atomic E-state index is 0.0587. The number of esters is 1. The zero-order valence-electron chi connectivity index (χ0n) is 11.9. The van der Waals surface area contributed by atoms with E-state index in [1.54, 1.807) is 7.11 Å². The molecule has 0 spiro atoms. The quantitative estimate of drug-likeness (QED) is 0.797. The second-order valence-corrected chi connectivity index (χ2v) is 4.76. The minimum Gasteiger partial charge on any atom is -0.497 e. The third-order valence-corrected chi connectivity index (χ3v) is 3.39. The standard InChI is InChI=1S/C15H21NO4/c1-3-16-14-10-19-9-13(14)15(17)20-8-11-4-6-12(18-2)7-5-11/h4-7,13-14,16H,3,8-10H2,1-2H3. The number of ether oxygens (including phenoxy) is 3. The summed E-state index contributed by atoms with van der Waals surface area (Å²) in [5, 5.41) is 3.25. The summed E-state index contributed by atoms with van der Waals surface area (Å²) >= 11 is 0. The topological polar surface area (TPSA) is 56.8 Å². The molecule has 0 amide bonds. The number of hydrogen-bond donors (Lipinski definition) is 1. The van der Waals surface area contributed by atoms with E-state index in [0.717, 1.165) is 17.9 Å². The number of benzene rings is 1. The molecule has 20 heavy (non-hydrogen) atoms. The Labute approximate surface area is 119 Å². The lowest BCUT2D eigenvalue weighted by Crippen LogP contribution is -2.39. The molecule has 1 aliphatic heterocycles. The highest BCUT2D eigenvalue weighted by molar-refractivity contribution is 5.73. The van der Waals surface area contributed by atoms with E-state index < -0.39 is 0 Å². The van der Waals surface area contributed by atoms with Gasteiger partial charge in [-0.25, -0.2) is 0 Å². The first-order valence-electron chi connectivity index (χ1n) is 6.85. The van der Waals surface area contributed by atoms with Crippen molar-refractivity contribution in [3.63, 3.8) is 0 Å². The Balaban J connectivity index is 1.84. The number of nitrogens with one attached hydrogen (secondary N) is 1. The van der Waals surface area contributed by atoms with Crippen LogP contribution in [0.4, 0.5) is 0 Å². The van der Waals surface area contributed by atoms with Gasteiger partial charge in [0.1, 0.15) is 12.4 Å². The summed E-state index contributed by atoms with van der Waals surface area (Å²) < 4.78 is 15.8. The lowest BCUT2D eigenvalue weighted by Gasteiger charge is -2.17. The Bertz CT molecular complexity index is 432. The molecule has 0 aromatic heterocycles. The van der Waals surface area contributed by atoms with Crippen LogP contribution < -0.4 is 10.1 Å². The van der Waals surface area contributed by atoms with Crippen molar-refractivity contribution in [2.75, 3.05) is 26.9 Å². The first-order chi connectivity index (χ1) is 9.74. The van der Waals surface area contributed by atoms with Gasteiger partial charge < -0.3 is 19.5 Å². The number of hydrogen-bond acceptors (Lipinski definition) is 5. The lowest BCUT2D eigenvalue weighted by atomic mass is 10.0. The minimum atomic E-state index is -0.215. The molecule has 1 N–H and O–H groups in total. The molecule has 1 heterocycles. The van der Waals surface area contributed by atoms with Crippen LogP contribution in [-0.2, 0) is 20.9 Å². The Kier molecular flexibility index (Phi) is 5.38. The van der Waals surface area contributed by atoms with Crippen molar-refractivity contribution in [3.8, 4) is 5.75 Å². The van der Waals surface area contributed by atoms with Crippen molar-refractivity contribution in [3.05, 3.63) is 29.8 Å². The maximum atomic E-state index is 12.1. The third kappa shape index (κ3) is 3.71. The Morgan fingerprint density at radius 3 is 2.75 bits per heavy atom. The summed E-state index contributed by atoms with van der Waals surface area (Å²) in [7, 11) is 1.62. The van der Waals surface area contributed by atoms with E-state index in [2.05, 4.69) is 5.32 Å². The maximum Gasteiger partial charge on any atom is 0.313 e. The summed E-state index contributed by atoms with van der Waals surface area (Å²) in [4.78, 5) is 12.1. The molecule has 1 aromatic carbocycles. The third-order valence-electron chi connectivity index (χ3n) is 3.39. The molecule has 0 bridgehead atoms. The summed E-state index contributed by atoms with van der Waals surface area (Å²) in [6, 6.07) is 7.54. The first kappa shape index (κ1) is 14.8. The number of likely N-dealkylation sites (N-methyl/N-ethyl adjacent to an activating group) is 1. The van der Waals surface area contributed by atoms with Crippen LogP contribution in [0.5, 0.6) is 5.75 Å². The van der Waals surface area contributed by atoms with Gasteiger partial charge in [0.15, 0.2) is 0 Å². The summed E-state index contributed by atoms with van der Waals surface area (Å²) in [6.45, 7) is 4.10. The van der Waals surface area contributed by atoms with E-state index >= 15 is 0 Å². The Morgan fingerprint density at radius 2 is 2.10 bits per heavy atom. The molecule has 5 heteroatoms. The van der Waals surface area contributed by atoms with E-state index in [0.29, 0.717) is 13.2 Å². The summed E-state index contributed by atoms with van der Waals surface area (Å²) in [6.07, 6.45) is 0. The number of rotatable bonds is 6. The lowest BCUT2D eigenvalue weighted by molar-refractivity contribution is -0.150. The van der Waals surface area contributed by atoms with E-state index in [9.17, 15) is 4.79 Å². The molecule has 1 aliphatic rings. The molecule has 110 valence electrons. The molecule has 0 aliphatic carbocycles. The molecule has 2 atom stereocenters. The van der Waals surface area contributed by atoms with Gasteiger partial charge in [0, 0.05) is 6.04 Å². The van der Waals surface area contributed by atoms with Crippen LogP contribution in [0.2, 0.25) is 0 Å². The molecule has 2 rings (SSSR count). The van der Waals surface area contributed by atoms with Gasteiger partial charge in [0.25, 0.3) is 0 Å². The predicted octanol–water partition coefficient (Wildman–Crippen LogP) is 1.36. The van der Waals surface area contributed by atoms with Crippen molar-refractivity contribution in [2.24, 2.45) is 5.92 Å². The van der Waals surface area contributed by atoms with Gasteiger partial charge in [-0.2, -0.15) is 0 Å². The Morgan fingerprint density at radius 1 is 1.35 bits per heavy atom. The van der Waals surface area contributed by atoms with Crippen molar-refractivity contribution >= 4 is 5.97 Å². The average molecular weight is 279 g/mol. The van der Waals surface area contributed by atoms with Crippen LogP contribution in [0.25, 0.3) is 0 Å². The molecule has 5 nitrogen and oxygen atoms in total. The van der Waals surface area contributed by atoms with Crippen LogP contribution in [0, 0.1) is 5.92 Å². The largest absolute Gasteiger partial charge is 0.497 e. The molecule has 1 saturated heterocycles. The highest BCUT2D eigenvalue weighted by atomic mass is 16.5. The van der Waals surface area contributed by atoms with E-state index in [4.69, 9.17) is 14.2 Å². The smallest absolute Gasteiger partial charge is 0.313 e. The second kappa shape index (κ2) is 7.26. The maximum absolute atomic E-state index is 12.1. The van der Waals surface area contributed by atoms with Crippen LogP contribution in [-0.4, -0.2) is 38.9 Å². The zero-order chi connectivity index (χ0) is 14.4. The molecule has 0 radical (unpaired) electrons. The first-order valence-corrected chi connectivity index (χ1v) is 6.85. The highest BCUT2D eigenvalue weighted by Crippen LogP contribution is 2.17. The molecular weight excluding hydrogens is 258 g/mol. The van der Waals surface area contributed by atoms with Gasteiger partial charge in [-0.1, -0.05) is 19.1 Å². The molecule has 1 aromatic rings. The predicted molar refractivity (Wildman–Crippen MR) is 74.6 cm³/mol. The SMILES string of the molecule is CCNC1COCC1C(=O)OCc1ccc(OC)cc1. The van der Waals surface area contributed by atoms with Crippen molar-refractivity contribution in [2.45, 2.75) is 19.6 Å². The highest BCUT2D eigenvalue weighted by Gasteiger charge is 2.34. The Hall–Kier alpha value is -1.59. The molecule has 1 fully saturated rings. The summed E-state index contributed by atoms with van der Waals surface area (Å²) in [5.74, 6) is 0.369. The normalized spacial score (nSPS) is 21.7. The van der Waals surface area contributed by atoms with E-state index in [1.807, 2.05) is 31.2 Å². The number of carbonyl (C=O) groups excluding carboxylic acids is 1. The summed E-state index contributed by atoms with van der Waals surface area (Å²) in [5.41, 5.74) is 0.943. The van der Waals surface area contributed by atoms with Gasteiger partial charge >= 0.3 is 5.97 Å². The average Bonchev–Trinajstić information content (AvgIpc) is 2.94. The van der Waals surface area contributed by atoms with Gasteiger partial charge in [0.2, 0.25) is 0 Å². The van der Waals surface area contributed by atoms with Gasteiger partial charge in [0.05, 0.1) is 26.2 Å².